The van der Waals surface area contributed by atoms with Gasteiger partial charge in [-0.2, -0.15) is 13.2 Å². The third kappa shape index (κ3) is 6.23. The Kier molecular flexibility index (Phi) is 7.46. The molecule has 35 heavy (non-hydrogen) atoms. The first-order valence-electron chi connectivity index (χ1n) is 11.9. The monoisotopic (exact) mass is 480 g/mol. The number of alkyl halides is 3. The molecule has 0 spiro atoms. The van der Waals surface area contributed by atoms with Crippen LogP contribution in [0.15, 0.2) is 42.5 Å². The molecular weight excluding hydrogens is 455 g/mol. The Hall–Kier alpha value is -3.31. The van der Waals surface area contributed by atoms with Crippen LogP contribution in [0.1, 0.15) is 66.8 Å². The van der Waals surface area contributed by atoms with Crippen LogP contribution in [0.3, 0.4) is 0 Å². The Bertz CT molecular complexity index is 1360. The molecule has 0 bridgehead atoms. The van der Waals surface area contributed by atoms with Crippen molar-refractivity contribution >= 4 is 10.8 Å². The molecule has 0 fully saturated rings. The van der Waals surface area contributed by atoms with E-state index >= 15 is 0 Å². The topological polar surface area (TPSA) is 0 Å². The SMILES string of the molecule is CCCCCC1CCc2cc(C#Cc3ccc4c(F)c(C#CC(F)(F)F)c(F)cc4c3)ccc2C1. The van der Waals surface area contributed by atoms with Crippen molar-refractivity contribution in [1.82, 2.24) is 0 Å². The highest BCUT2D eigenvalue weighted by molar-refractivity contribution is 5.86. The van der Waals surface area contributed by atoms with Gasteiger partial charge in [0.15, 0.2) is 0 Å². The van der Waals surface area contributed by atoms with E-state index in [1.807, 2.05) is 6.07 Å². The van der Waals surface area contributed by atoms with Crippen LogP contribution < -0.4 is 0 Å². The van der Waals surface area contributed by atoms with Crippen molar-refractivity contribution in [2.45, 2.75) is 58.0 Å². The van der Waals surface area contributed by atoms with E-state index in [0.29, 0.717) is 5.56 Å². The van der Waals surface area contributed by atoms with Crippen LogP contribution in [-0.2, 0) is 12.8 Å². The maximum absolute atomic E-state index is 14.6. The molecule has 3 aromatic carbocycles. The van der Waals surface area contributed by atoms with E-state index < -0.39 is 23.4 Å². The van der Waals surface area contributed by atoms with Gasteiger partial charge in [0.2, 0.25) is 0 Å². The number of benzene rings is 3. The van der Waals surface area contributed by atoms with Crippen LogP contribution in [0.25, 0.3) is 10.8 Å². The highest BCUT2D eigenvalue weighted by Gasteiger charge is 2.24. The predicted octanol–water partition coefficient (Wildman–Crippen LogP) is 8.12. The van der Waals surface area contributed by atoms with Crippen molar-refractivity contribution in [2.24, 2.45) is 5.92 Å². The Balaban J connectivity index is 1.54. The average Bonchev–Trinajstić information content (AvgIpc) is 2.81. The smallest absolute Gasteiger partial charge is 0.205 e. The Morgan fingerprint density at radius 2 is 1.63 bits per heavy atom. The summed E-state index contributed by atoms with van der Waals surface area (Å²) in [5, 5.41) is 0.203. The second kappa shape index (κ2) is 10.5. The molecule has 1 unspecified atom stereocenters. The molecule has 0 radical (unpaired) electrons. The standard InChI is InChI=1S/C30H25F5/c1-2-3-4-5-20-8-11-24-17-21(9-12-23(24)16-20)6-7-22-10-13-26-25(18-22)19-28(31)27(29(26)32)14-15-30(33,34)35/h9-10,12-13,17-20H,2-5,8,11,16H2,1H3. The lowest BCUT2D eigenvalue weighted by atomic mass is 9.81. The molecule has 1 aliphatic carbocycles. The van der Waals surface area contributed by atoms with E-state index in [0.717, 1.165) is 36.3 Å². The normalized spacial score (nSPS) is 15.1. The fourth-order valence-corrected chi connectivity index (χ4v) is 4.64. The maximum Gasteiger partial charge on any atom is 0.458 e. The average molecular weight is 481 g/mol. The fraction of sp³-hybridized carbons (Fsp3) is 0.333. The van der Waals surface area contributed by atoms with Gasteiger partial charge in [0.05, 0.1) is 5.56 Å². The van der Waals surface area contributed by atoms with E-state index in [1.165, 1.54) is 55.4 Å². The summed E-state index contributed by atoms with van der Waals surface area (Å²) in [6.45, 7) is 2.22. The summed E-state index contributed by atoms with van der Waals surface area (Å²) in [5.41, 5.74) is 3.26. The van der Waals surface area contributed by atoms with Crippen molar-refractivity contribution in [3.63, 3.8) is 0 Å². The zero-order valence-corrected chi connectivity index (χ0v) is 19.5. The first-order chi connectivity index (χ1) is 16.7. The van der Waals surface area contributed by atoms with Crippen molar-refractivity contribution in [1.29, 1.82) is 0 Å². The molecule has 0 N–H and O–H groups in total. The van der Waals surface area contributed by atoms with Gasteiger partial charge in [0.25, 0.3) is 0 Å². The number of unbranched alkanes of at least 4 members (excludes halogenated alkanes) is 2. The molecule has 0 saturated carbocycles. The van der Waals surface area contributed by atoms with E-state index in [-0.39, 0.29) is 10.8 Å². The molecular formula is C30H25F5. The van der Waals surface area contributed by atoms with Gasteiger partial charge in [-0.05, 0) is 72.0 Å². The number of hydrogen-bond donors (Lipinski definition) is 0. The minimum absolute atomic E-state index is 0.00861. The van der Waals surface area contributed by atoms with Gasteiger partial charge in [-0.1, -0.05) is 62.5 Å². The van der Waals surface area contributed by atoms with Crippen LogP contribution in [0, 0.1) is 41.2 Å². The number of halogens is 5. The van der Waals surface area contributed by atoms with Gasteiger partial charge in [-0.25, -0.2) is 8.78 Å². The van der Waals surface area contributed by atoms with Crippen LogP contribution in [0.5, 0.6) is 0 Å². The van der Waals surface area contributed by atoms with E-state index in [1.54, 1.807) is 12.0 Å². The lowest BCUT2D eigenvalue weighted by molar-refractivity contribution is -0.0696. The molecule has 0 amide bonds. The third-order valence-electron chi connectivity index (χ3n) is 6.46. The first kappa shape index (κ1) is 24.8. The minimum atomic E-state index is -4.83. The first-order valence-corrected chi connectivity index (χ1v) is 11.9. The maximum atomic E-state index is 14.6. The molecule has 4 rings (SSSR count). The largest absolute Gasteiger partial charge is 0.458 e. The lowest BCUT2D eigenvalue weighted by Crippen LogP contribution is -2.14. The fourth-order valence-electron chi connectivity index (χ4n) is 4.64. The van der Waals surface area contributed by atoms with E-state index in [9.17, 15) is 22.0 Å². The summed E-state index contributed by atoms with van der Waals surface area (Å²) in [4.78, 5) is 0. The highest BCUT2D eigenvalue weighted by Crippen LogP contribution is 2.30. The van der Waals surface area contributed by atoms with Crippen molar-refractivity contribution < 1.29 is 22.0 Å². The zero-order valence-electron chi connectivity index (χ0n) is 19.5. The van der Waals surface area contributed by atoms with Gasteiger partial charge < -0.3 is 0 Å². The van der Waals surface area contributed by atoms with Crippen LogP contribution in [0.2, 0.25) is 0 Å². The zero-order chi connectivity index (χ0) is 25.0. The van der Waals surface area contributed by atoms with Gasteiger partial charge in [0, 0.05) is 22.4 Å². The second-order valence-electron chi connectivity index (χ2n) is 9.07. The number of aryl methyl sites for hydroxylation is 1. The molecule has 5 heteroatoms. The molecule has 1 atom stereocenters. The van der Waals surface area contributed by atoms with Crippen LogP contribution >= 0.6 is 0 Å². The minimum Gasteiger partial charge on any atom is -0.205 e. The van der Waals surface area contributed by atoms with Gasteiger partial charge in [-0.3, -0.25) is 0 Å². The molecule has 180 valence electrons. The number of rotatable bonds is 4. The summed E-state index contributed by atoms with van der Waals surface area (Å²) in [6.07, 6.45) is 3.64. The molecule has 0 aromatic heterocycles. The van der Waals surface area contributed by atoms with E-state index in [4.69, 9.17) is 0 Å². The molecule has 1 aliphatic rings. The summed E-state index contributed by atoms with van der Waals surface area (Å²) in [5.74, 6) is 7.13. The van der Waals surface area contributed by atoms with Crippen molar-refractivity contribution in [2.75, 3.05) is 0 Å². The summed E-state index contributed by atoms with van der Waals surface area (Å²) in [7, 11) is 0. The summed E-state index contributed by atoms with van der Waals surface area (Å²) >= 11 is 0. The Morgan fingerprint density at radius 1 is 0.886 bits per heavy atom. The van der Waals surface area contributed by atoms with Crippen molar-refractivity contribution in [3.05, 3.63) is 81.9 Å². The van der Waals surface area contributed by atoms with Gasteiger partial charge in [-0.15, -0.1) is 0 Å². The number of fused-ring (bicyclic) bond motifs is 2. The number of hydrogen-bond acceptors (Lipinski definition) is 0. The van der Waals surface area contributed by atoms with Gasteiger partial charge >= 0.3 is 6.18 Å². The van der Waals surface area contributed by atoms with Crippen LogP contribution in [-0.4, -0.2) is 6.18 Å². The van der Waals surface area contributed by atoms with Gasteiger partial charge in [0.1, 0.15) is 11.6 Å². The summed E-state index contributed by atoms with van der Waals surface area (Å²) in [6, 6.07) is 11.7. The van der Waals surface area contributed by atoms with E-state index in [2.05, 4.69) is 30.9 Å². The molecule has 3 aromatic rings. The van der Waals surface area contributed by atoms with Crippen LogP contribution in [0.4, 0.5) is 22.0 Å². The molecule has 0 heterocycles. The molecule has 0 saturated heterocycles. The molecule has 0 aliphatic heterocycles. The summed E-state index contributed by atoms with van der Waals surface area (Å²) < 4.78 is 65.9. The lowest BCUT2D eigenvalue weighted by Gasteiger charge is -2.24. The Morgan fingerprint density at radius 3 is 2.37 bits per heavy atom. The second-order valence-corrected chi connectivity index (χ2v) is 9.07. The third-order valence-corrected chi connectivity index (χ3v) is 6.46. The quantitative estimate of drug-likeness (QED) is 0.201. The highest BCUT2D eigenvalue weighted by atomic mass is 19.4. The predicted molar refractivity (Wildman–Crippen MR) is 129 cm³/mol. The van der Waals surface area contributed by atoms with Crippen molar-refractivity contribution in [3.8, 4) is 23.7 Å². The molecule has 0 nitrogen and oxygen atoms in total. The Labute approximate surface area is 202 Å².